The predicted molar refractivity (Wildman–Crippen MR) is 140 cm³/mol. The average Bonchev–Trinajstić information content (AvgIpc) is 3.31. The van der Waals surface area contributed by atoms with E-state index in [-0.39, 0.29) is 18.8 Å². The summed E-state index contributed by atoms with van der Waals surface area (Å²) >= 11 is 0. The van der Waals surface area contributed by atoms with E-state index in [0.717, 1.165) is 10.1 Å². The summed E-state index contributed by atoms with van der Waals surface area (Å²) in [5, 5.41) is 13.2. The van der Waals surface area contributed by atoms with Crippen LogP contribution in [0.3, 0.4) is 0 Å². The molecule has 1 fully saturated rings. The van der Waals surface area contributed by atoms with E-state index in [9.17, 15) is 28.4 Å². The van der Waals surface area contributed by atoms with E-state index in [2.05, 4.69) is 5.09 Å². The van der Waals surface area contributed by atoms with E-state index < -0.39 is 61.4 Å². The molecular weight excluding hydrogens is 548 g/mol. The molecule has 0 unspecified atom stereocenters. The first kappa shape index (κ1) is 29.4. The second kappa shape index (κ2) is 12.7. The molecule has 1 aromatic heterocycles. The number of nitrogens with zero attached hydrogens (tertiary/aromatic N) is 1. The number of rotatable bonds is 11. The number of carbonyl (C=O) groups is 1. The number of halogens is 1. The Hall–Kier alpha value is -3.61. The summed E-state index contributed by atoms with van der Waals surface area (Å²) in [6.45, 7) is 2.88. The molecule has 0 radical (unpaired) electrons. The molecule has 2 aromatic carbocycles. The fraction of sp³-hybridized carbons (Fsp3) is 0.346. The first-order valence-electron chi connectivity index (χ1n) is 12.4. The van der Waals surface area contributed by atoms with Crippen LogP contribution >= 0.6 is 7.75 Å². The highest BCUT2D eigenvalue weighted by Gasteiger charge is 2.43. The van der Waals surface area contributed by atoms with Gasteiger partial charge in [-0.25, -0.2) is 9.36 Å². The first-order valence-corrected chi connectivity index (χ1v) is 13.9. The van der Waals surface area contributed by atoms with Crippen molar-refractivity contribution in [1.29, 1.82) is 0 Å². The van der Waals surface area contributed by atoms with Gasteiger partial charge in [0.2, 0.25) is 5.82 Å². The molecule has 214 valence electrons. The van der Waals surface area contributed by atoms with Crippen molar-refractivity contribution in [2.24, 2.45) is 0 Å². The zero-order valence-corrected chi connectivity index (χ0v) is 22.5. The normalized spacial score (nSPS) is 21.8. The lowest BCUT2D eigenvalue weighted by Crippen LogP contribution is -2.39. The van der Waals surface area contributed by atoms with Crippen LogP contribution in [0.5, 0.6) is 5.75 Å². The van der Waals surface area contributed by atoms with Gasteiger partial charge in [0.15, 0.2) is 0 Å². The standard InChI is InChI=1S/C26H29FN3O9P/c1-16(25(33)36-15-18-9-5-3-6-10-18)29-40(35,39-19-11-7-4-8-12-19)38-17(2)23-21(31)13-22(37-23)30-14-20(27)24(32)28-26(30)34/h3-12,14,16-17,21-23,31H,13,15H2,1-2H3,(H,29,35)(H,28,32,34)/t16-,17+,21-,22+,23+,40-/m0/s1. The van der Waals surface area contributed by atoms with Crippen LogP contribution in [-0.4, -0.2) is 45.0 Å². The second-order valence-corrected chi connectivity index (χ2v) is 10.8. The van der Waals surface area contributed by atoms with E-state index in [4.69, 9.17) is 18.5 Å². The maximum Gasteiger partial charge on any atom is 0.459 e. The number of hydrogen-bond donors (Lipinski definition) is 3. The third-order valence-electron chi connectivity index (χ3n) is 6.04. The number of aliphatic hydroxyl groups excluding tert-OH is 1. The molecular formula is C26H29FN3O9P. The minimum absolute atomic E-state index is 0.000999. The summed E-state index contributed by atoms with van der Waals surface area (Å²) in [7, 11) is -4.32. The maximum absolute atomic E-state index is 13.9. The van der Waals surface area contributed by atoms with Gasteiger partial charge in [-0.1, -0.05) is 48.5 Å². The van der Waals surface area contributed by atoms with Crippen LogP contribution in [0.25, 0.3) is 0 Å². The Kier molecular flexibility index (Phi) is 9.33. The van der Waals surface area contributed by atoms with Gasteiger partial charge in [-0.05, 0) is 31.5 Å². The third-order valence-corrected chi connectivity index (χ3v) is 7.80. The van der Waals surface area contributed by atoms with Crippen LogP contribution < -0.4 is 20.9 Å². The molecule has 0 aliphatic carbocycles. The van der Waals surface area contributed by atoms with Crippen molar-refractivity contribution in [3.63, 3.8) is 0 Å². The summed E-state index contributed by atoms with van der Waals surface area (Å²) < 4.78 is 50.9. The lowest BCUT2D eigenvalue weighted by atomic mass is 10.1. The van der Waals surface area contributed by atoms with E-state index in [1.165, 1.54) is 26.0 Å². The van der Waals surface area contributed by atoms with E-state index in [1.807, 2.05) is 11.1 Å². The molecule has 1 aliphatic heterocycles. The Morgan fingerprint density at radius 3 is 2.50 bits per heavy atom. The molecule has 1 saturated heterocycles. The van der Waals surface area contributed by atoms with Crippen molar-refractivity contribution < 1.29 is 37.4 Å². The van der Waals surface area contributed by atoms with Crippen LogP contribution in [-0.2, 0) is 30.0 Å². The third kappa shape index (κ3) is 7.32. The summed E-state index contributed by atoms with van der Waals surface area (Å²) in [4.78, 5) is 38.0. The van der Waals surface area contributed by atoms with Crippen molar-refractivity contribution in [1.82, 2.24) is 14.6 Å². The fourth-order valence-corrected chi connectivity index (χ4v) is 5.76. The van der Waals surface area contributed by atoms with Gasteiger partial charge < -0.3 is 19.1 Å². The SMILES string of the molecule is C[C@H](N[P@@](=O)(Oc1ccccc1)O[C@H](C)[C@H]1O[C@@H](n2cc(F)c(=O)[nH]c2=O)C[C@@H]1O)C(=O)OCc1ccccc1. The molecule has 0 spiro atoms. The average molecular weight is 578 g/mol. The molecule has 6 atom stereocenters. The van der Waals surface area contributed by atoms with Crippen LogP contribution in [0.1, 0.15) is 32.1 Å². The minimum Gasteiger partial charge on any atom is -0.460 e. The predicted octanol–water partition coefficient (Wildman–Crippen LogP) is 2.64. The fourth-order valence-electron chi connectivity index (χ4n) is 4.07. The Bertz CT molecular complexity index is 1470. The monoisotopic (exact) mass is 577 g/mol. The Balaban J connectivity index is 1.48. The van der Waals surface area contributed by atoms with Crippen LogP contribution in [0, 0.1) is 5.82 Å². The summed E-state index contributed by atoms with van der Waals surface area (Å²) in [6, 6.07) is 16.0. The van der Waals surface area contributed by atoms with E-state index >= 15 is 0 Å². The first-order chi connectivity index (χ1) is 19.0. The molecule has 0 saturated carbocycles. The summed E-state index contributed by atoms with van der Waals surface area (Å²) in [5.41, 5.74) is -1.35. The second-order valence-electron chi connectivity index (χ2n) is 9.16. The largest absolute Gasteiger partial charge is 0.460 e. The lowest BCUT2D eigenvalue weighted by Gasteiger charge is -2.28. The highest BCUT2D eigenvalue weighted by atomic mass is 31.2. The Labute approximate surface area is 228 Å². The maximum atomic E-state index is 13.9. The number of ether oxygens (including phenoxy) is 2. The number of esters is 1. The number of aromatic amines is 1. The van der Waals surface area contributed by atoms with Crippen molar-refractivity contribution in [2.45, 2.75) is 57.5 Å². The molecule has 0 bridgehead atoms. The van der Waals surface area contributed by atoms with Crippen LogP contribution in [0.4, 0.5) is 4.39 Å². The molecule has 2 heterocycles. The molecule has 40 heavy (non-hydrogen) atoms. The quantitative estimate of drug-likeness (QED) is 0.229. The van der Waals surface area contributed by atoms with Crippen molar-refractivity contribution in [3.05, 3.63) is 99.1 Å². The molecule has 1 aliphatic rings. The smallest absolute Gasteiger partial charge is 0.459 e. The van der Waals surface area contributed by atoms with Gasteiger partial charge in [0, 0.05) is 6.42 Å². The zero-order valence-electron chi connectivity index (χ0n) is 21.6. The lowest BCUT2D eigenvalue weighted by molar-refractivity contribution is -0.146. The van der Waals surface area contributed by atoms with Gasteiger partial charge in [-0.3, -0.25) is 23.7 Å². The number of para-hydroxylation sites is 1. The van der Waals surface area contributed by atoms with Gasteiger partial charge in [0.05, 0.1) is 18.4 Å². The molecule has 3 aromatic rings. The molecule has 3 N–H and O–H groups in total. The van der Waals surface area contributed by atoms with Gasteiger partial charge in [-0.2, -0.15) is 9.48 Å². The van der Waals surface area contributed by atoms with Gasteiger partial charge in [-0.15, -0.1) is 0 Å². The minimum atomic E-state index is -4.32. The summed E-state index contributed by atoms with van der Waals surface area (Å²) in [6.07, 6.45) is -4.08. The molecule has 4 rings (SSSR count). The number of nitrogens with one attached hydrogen (secondary N) is 2. The molecule has 12 nitrogen and oxygen atoms in total. The Morgan fingerprint density at radius 2 is 1.82 bits per heavy atom. The van der Waals surface area contributed by atoms with Crippen molar-refractivity contribution in [2.75, 3.05) is 0 Å². The van der Waals surface area contributed by atoms with Crippen molar-refractivity contribution in [3.8, 4) is 5.75 Å². The Morgan fingerprint density at radius 1 is 1.18 bits per heavy atom. The number of aliphatic hydroxyl groups is 1. The van der Waals surface area contributed by atoms with Gasteiger partial charge in [0.1, 0.15) is 30.7 Å². The molecule has 14 heteroatoms. The van der Waals surface area contributed by atoms with Crippen molar-refractivity contribution >= 4 is 13.7 Å². The number of benzene rings is 2. The van der Waals surface area contributed by atoms with E-state index in [0.29, 0.717) is 6.20 Å². The zero-order chi connectivity index (χ0) is 28.9. The van der Waals surface area contributed by atoms with Gasteiger partial charge in [0.25, 0.3) is 5.56 Å². The van der Waals surface area contributed by atoms with E-state index in [1.54, 1.807) is 42.5 Å². The van der Waals surface area contributed by atoms with Gasteiger partial charge >= 0.3 is 19.4 Å². The number of H-pyrrole nitrogens is 1. The summed E-state index contributed by atoms with van der Waals surface area (Å²) in [5.74, 6) is -1.74. The topological polar surface area (TPSA) is 158 Å². The number of aromatic nitrogens is 2. The van der Waals surface area contributed by atoms with Crippen LogP contribution in [0.15, 0.2) is 76.4 Å². The highest BCUT2D eigenvalue weighted by molar-refractivity contribution is 7.52. The van der Waals surface area contributed by atoms with Crippen LogP contribution in [0.2, 0.25) is 0 Å². The highest BCUT2D eigenvalue weighted by Crippen LogP contribution is 2.47. The number of carbonyl (C=O) groups excluding carboxylic acids is 1. The number of hydrogen-bond acceptors (Lipinski definition) is 9. The molecule has 0 amide bonds.